The van der Waals surface area contributed by atoms with Gasteiger partial charge in [-0.05, 0) is 48.7 Å². The molecule has 152 valence electrons. The van der Waals surface area contributed by atoms with Gasteiger partial charge >= 0.3 is 0 Å². The molecule has 2 aromatic rings. The number of halogens is 2. The normalized spacial score (nSPS) is 18.4. The summed E-state index contributed by atoms with van der Waals surface area (Å²) >= 11 is 6.45. The largest absolute Gasteiger partial charge is 0.359 e. The van der Waals surface area contributed by atoms with Crippen molar-refractivity contribution in [2.75, 3.05) is 29.9 Å². The van der Waals surface area contributed by atoms with Crippen molar-refractivity contribution in [2.45, 2.75) is 31.1 Å². The minimum absolute atomic E-state index is 0.0389. The van der Waals surface area contributed by atoms with Gasteiger partial charge < -0.3 is 15.5 Å². The first-order valence-corrected chi connectivity index (χ1v) is 10.2. The molecule has 1 aliphatic carbocycles. The van der Waals surface area contributed by atoms with Crippen LogP contribution in [0.2, 0.25) is 5.02 Å². The van der Waals surface area contributed by atoms with Gasteiger partial charge in [-0.2, -0.15) is 0 Å². The second-order valence-corrected chi connectivity index (χ2v) is 8.10. The Kier molecular flexibility index (Phi) is 5.46. The molecule has 1 saturated heterocycles. The molecular weight excluding hydrogens is 393 g/mol. The number of carbonyl (C=O) groups excluding carboxylic acids is 2. The van der Waals surface area contributed by atoms with Crippen molar-refractivity contribution in [3.63, 3.8) is 0 Å². The number of anilines is 2. The lowest BCUT2D eigenvalue weighted by Crippen LogP contribution is -2.47. The van der Waals surface area contributed by atoms with Crippen LogP contribution in [0.5, 0.6) is 0 Å². The number of rotatable bonds is 4. The van der Waals surface area contributed by atoms with E-state index in [1.165, 1.54) is 12.1 Å². The third kappa shape index (κ3) is 3.94. The lowest BCUT2D eigenvalue weighted by molar-refractivity contribution is -0.121. The Bertz CT molecular complexity index is 943. The van der Waals surface area contributed by atoms with Crippen molar-refractivity contribution in [2.24, 2.45) is 0 Å². The fraction of sp³-hybridized carbons (Fsp3) is 0.364. The average molecular weight is 416 g/mol. The van der Waals surface area contributed by atoms with Crippen molar-refractivity contribution in [1.82, 2.24) is 5.32 Å². The number of amides is 2. The van der Waals surface area contributed by atoms with Gasteiger partial charge in [0.05, 0.1) is 22.7 Å². The molecule has 7 heteroatoms. The lowest BCUT2D eigenvalue weighted by atomic mass is 9.78. The summed E-state index contributed by atoms with van der Waals surface area (Å²) in [5.74, 6) is -0.510. The minimum atomic E-state index is -0.724. The van der Waals surface area contributed by atoms with Gasteiger partial charge in [0.25, 0.3) is 0 Å². The van der Waals surface area contributed by atoms with Gasteiger partial charge in [-0.3, -0.25) is 9.59 Å². The van der Waals surface area contributed by atoms with E-state index in [-0.39, 0.29) is 24.2 Å². The summed E-state index contributed by atoms with van der Waals surface area (Å²) < 4.78 is 13.8. The number of hydrogen-bond acceptors (Lipinski definition) is 3. The van der Waals surface area contributed by atoms with Crippen LogP contribution >= 0.6 is 11.6 Å². The smallest absolute Gasteiger partial charge is 0.239 e. The maximum Gasteiger partial charge on any atom is 0.239 e. The van der Waals surface area contributed by atoms with E-state index < -0.39 is 5.41 Å². The van der Waals surface area contributed by atoms with E-state index in [0.717, 1.165) is 24.1 Å². The Morgan fingerprint density at radius 1 is 1.17 bits per heavy atom. The molecule has 0 atom stereocenters. The molecule has 2 aliphatic rings. The maximum atomic E-state index is 13.8. The molecule has 2 amide bonds. The predicted octanol–water partition coefficient (Wildman–Crippen LogP) is 3.87. The molecule has 5 nitrogen and oxygen atoms in total. The molecule has 0 bridgehead atoms. The van der Waals surface area contributed by atoms with Crippen LogP contribution in [-0.2, 0) is 15.0 Å². The van der Waals surface area contributed by atoms with E-state index in [1.54, 1.807) is 18.2 Å². The zero-order valence-corrected chi connectivity index (χ0v) is 16.8. The number of hydrogen-bond donors (Lipinski definition) is 2. The number of nitrogens with zero attached hydrogens (tertiary/aromatic N) is 1. The summed E-state index contributed by atoms with van der Waals surface area (Å²) in [5, 5.41) is 6.24. The fourth-order valence-corrected chi connectivity index (χ4v) is 4.65. The van der Waals surface area contributed by atoms with Crippen molar-refractivity contribution in [1.29, 1.82) is 0 Å². The Balaban J connectivity index is 1.55. The molecule has 0 radical (unpaired) electrons. The number of benzene rings is 2. The highest BCUT2D eigenvalue weighted by Gasteiger charge is 2.43. The maximum absolute atomic E-state index is 13.8. The second-order valence-electron chi connectivity index (χ2n) is 7.69. The zero-order valence-electron chi connectivity index (χ0n) is 16.0. The predicted molar refractivity (Wildman–Crippen MR) is 112 cm³/mol. The number of carbonyl (C=O) groups is 2. The third-order valence-corrected chi connectivity index (χ3v) is 6.16. The Morgan fingerprint density at radius 2 is 1.97 bits per heavy atom. The first-order chi connectivity index (χ1) is 14.0. The van der Waals surface area contributed by atoms with Crippen LogP contribution in [0, 0.1) is 5.82 Å². The molecule has 4 rings (SSSR count). The van der Waals surface area contributed by atoms with Gasteiger partial charge in [-0.15, -0.1) is 0 Å². The Labute approximate surface area is 174 Å². The fourth-order valence-electron chi connectivity index (χ4n) is 4.35. The van der Waals surface area contributed by atoms with Crippen molar-refractivity contribution < 1.29 is 14.0 Å². The van der Waals surface area contributed by atoms with E-state index in [9.17, 15) is 14.0 Å². The van der Waals surface area contributed by atoms with E-state index >= 15 is 0 Å². The summed E-state index contributed by atoms with van der Waals surface area (Å²) in [6.07, 6.45) is 3.25. The summed E-state index contributed by atoms with van der Waals surface area (Å²) in [6, 6.07) is 11.6. The van der Waals surface area contributed by atoms with Crippen LogP contribution < -0.4 is 15.5 Å². The number of piperazine rings is 1. The van der Waals surface area contributed by atoms with Gasteiger partial charge in [0, 0.05) is 18.8 Å². The highest BCUT2D eigenvalue weighted by molar-refractivity contribution is 6.33. The third-order valence-electron chi connectivity index (χ3n) is 5.85. The van der Waals surface area contributed by atoms with Crippen LogP contribution in [0.3, 0.4) is 0 Å². The number of nitrogens with one attached hydrogen (secondary N) is 2. The molecule has 1 aliphatic heterocycles. The summed E-state index contributed by atoms with van der Waals surface area (Å²) in [5.41, 5.74) is 1.35. The second kappa shape index (κ2) is 8.03. The summed E-state index contributed by atoms with van der Waals surface area (Å²) in [6.45, 7) is 1.51. The molecule has 2 N–H and O–H groups in total. The van der Waals surface area contributed by atoms with Crippen LogP contribution in [0.25, 0.3) is 0 Å². The molecule has 1 heterocycles. The van der Waals surface area contributed by atoms with Crippen LogP contribution in [0.1, 0.15) is 31.2 Å². The lowest BCUT2D eigenvalue weighted by Gasteiger charge is -2.30. The van der Waals surface area contributed by atoms with Gasteiger partial charge in [0.1, 0.15) is 5.82 Å². The Morgan fingerprint density at radius 3 is 2.66 bits per heavy atom. The highest BCUT2D eigenvalue weighted by Crippen LogP contribution is 2.42. The Hall–Kier alpha value is -2.60. The highest BCUT2D eigenvalue weighted by atomic mass is 35.5. The first kappa shape index (κ1) is 19.7. The molecule has 2 aromatic carbocycles. The SMILES string of the molecule is O=C1CN(c2ccc(NC(=O)C3(c4cccc(F)c4)CCCC3)cc2Cl)CCN1. The molecule has 1 saturated carbocycles. The van der Waals surface area contributed by atoms with E-state index in [1.807, 2.05) is 17.0 Å². The topological polar surface area (TPSA) is 61.4 Å². The quantitative estimate of drug-likeness (QED) is 0.797. The molecule has 29 heavy (non-hydrogen) atoms. The standard InChI is InChI=1S/C22H23ClFN3O2/c23-18-13-17(6-7-19(18)27-11-10-25-20(28)14-27)26-21(29)22(8-1-2-9-22)15-4-3-5-16(24)12-15/h3-7,12-13H,1-2,8-11,14H2,(H,25,28)(H,26,29). The molecule has 0 unspecified atom stereocenters. The van der Waals surface area contributed by atoms with Crippen LogP contribution in [-0.4, -0.2) is 31.4 Å². The molecular formula is C22H23ClFN3O2. The summed E-state index contributed by atoms with van der Waals surface area (Å²) in [7, 11) is 0. The minimum Gasteiger partial charge on any atom is -0.359 e. The van der Waals surface area contributed by atoms with E-state index in [0.29, 0.717) is 36.6 Å². The van der Waals surface area contributed by atoms with Crippen molar-refractivity contribution in [3.05, 3.63) is 58.9 Å². The van der Waals surface area contributed by atoms with E-state index in [4.69, 9.17) is 11.6 Å². The molecule has 2 fully saturated rings. The first-order valence-electron chi connectivity index (χ1n) is 9.87. The molecule has 0 spiro atoms. The monoisotopic (exact) mass is 415 g/mol. The van der Waals surface area contributed by atoms with Crippen molar-refractivity contribution >= 4 is 34.8 Å². The van der Waals surface area contributed by atoms with Crippen LogP contribution in [0.15, 0.2) is 42.5 Å². The van der Waals surface area contributed by atoms with Gasteiger partial charge in [0.15, 0.2) is 0 Å². The van der Waals surface area contributed by atoms with Crippen LogP contribution in [0.4, 0.5) is 15.8 Å². The zero-order chi connectivity index (χ0) is 20.4. The molecule has 0 aromatic heterocycles. The van der Waals surface area contributed by atoms with Crippen molar-refractivity contribution in [3.8, 4) is 0 Å². The van der Waals surface area contributed by atoms with Gasteiger partial charge in [0.2, 0.25) is 11.8 Å². The van der Waals surface area contributed by atoms with Gasteiger partial charge in [-0.25, -0.2) is 4.39 Å². The van der Waals surface area contributed by atoms with Gasteiger partial charge in [-0.1, -0.05) is 36.6 Å². The van der Waals surface area contributed by atoms with E-state index in [2.05, 4.69) is 10.6 Å². The summed E-state index contributed by atoms with van der Waals surface area (Å²) in [4.78, 5) is 26.8. The average Bonchev–Trinajstić information content (AvgIpc) is 3.19.